The average molecular weight is 254 g/mol. The Labute approximate surface area is 111 Å². The highest BCUT2D eigenvalue weighted by molar-refractivity contribution is 6.44. The van der Waals surface area contributed by atoms with Gasteiger partial charge in [-0.3, -0.25) is 9.59 Å². The fourth-order valence-electron chi connectivity index (χ4n) is 1.63. The zero-order chi connectivity index (χ0) is 13.7. The number of para-hydroxylation sites is 2. The van der Waals surface area contributed by atoms with E-state index in [0.717, 1.165) is 0 Å². The molecule has 0 heterocycles. The number of hydrogen-bond donors (Lipinski definition) is 1. The van der Waals surface area contributed by atoms with E-state index in [1.54, 1.807) is 43.4 Å². The van der Waals surface area contributed by atoms with Crippen molar-refractivity contribution in [3.8, 4) is 0 Å². The van der Waals surface area contributed by atoms with Crippen LogP contribution in [-0.2, 0) is 9.59 Å². The molecule has 0 radical (unpaired) electrons. The van der Waals surface area contributed by atoms with Crippen molar-refractivity contribution in [2.75, 3.05) is 17.3 Å². The monoisotopic (exact) mass is 254 g/mol. The van der Waals surface area contributed by atoms with Gasteiger partial charge >= 0.3 is 11.8 Å². The highest BCUT2D eigenvalue weighted by atomic mass is 16.2. The fourth-order valence-corrected chi connectivity index (χ4v) is 1.63. The maximum atomic E-state index is 12.0. The van der Waals surface area contributed by atoms with Crippen LogP contribution in [0.25, 0.3) is 0 Å². The fraction of sp³-hybridized carbons (Fsp3) is 0.0667. The van der Waals surface area contributed by atoms with Gasteiger partial charge in [-0.15, -0.1) is 0 Å². The molecule has 96 valence electrons. The van der Waals surface area contributed by atoms with Crippen LogP contribution in [0.3, 0.4) is 0 Å². The predicted molar refractivity (Wildman–Crippen MR) is 74.9 cm³/mol. The maximum Gasteiger partial charge on any atom is 0.316 e. The lowest BCUT2D eigenvalue weighted by molar-refractivity contribution is -0.134. The second-order valence-electron chi connectivity index (χ2n) is 4.02. The van der Waals surface area contributed by atoms with Gasteiger partial charge in [0.25, 0.3) is 0 Å². The first kappa shape index (κ1) is 12.8. The molecule has 0 aromatic heterocycles. The Morgan fingerprint density at radius 2 is 1.42 bits per heavy atom. The molecule has 4 heteroatoms. The van der Waals surface area contributed by atoms with Crippen LogP contribution >= 0.6 is 0 Å². The summed E-state index contributed by atoms with van der Waals surface area (Å²) in [7, 11) is 1.57. The van der Waals surface area contributed by atoms with Gasteiger partial charge in [-0.1, -0.05) is 36.4 Å². The van der Waals surface area contributed by atoms with Crippen LogP contribution < -0.4 is 10.2 Å². The van der Waals surface area contributed by atoms with Crippen LogP contribution in [0.1, 0.15) is 0 Å². The molecular formula is C15H14N2O2. The molecule has 0 aliphatic heterocycles. The molecule has 19 heavy (non-hydrogen) atoms. The smallest absolute Gasteiger partial charge is 0.316 e. The standard InChI is InChI=1S/C15H14N2O2/c1-17(13-10-6-3-7-11-13)15(19)14(18)16-12-8-4-2-5-9-12/h2-11H,1H3,(H,16,18). The molecule has 0 unspecified atom stereocenters. The summed E-state index contributed by atoms with van der Waals surface area (Å²) in [6.45, 7) is 0. The van der Waals surface area contributed by atoms with Crippen molar-refractivity contribution < 1.29 is 9.59 Å². The minimum absolute atomic E-state index is 0.599. The molecule has 4 nitrogen and oxygen atoms in total. The SMILES string of the molecule is CN(C(=O)C(=O)Nc1ccccc1)c1ccccc1. The number of nitrogens with one attached hydrogen (secondary N) is 1. The number of likely N-dealkylation sites (N-methyl/N-ethyl adjacent to an activating group) is 1. The first-order valence-corrected chi connectivity index (χ1v) is 5.87. The zero-order valence-corrected chi connectivity index (χ0v) is 10.5. The molecule has 2 rings (SSSR count). The summed E-state index contributed by atoms with van der Waals surface area (Å²) >= 11 is 0. The number of anilines is 2. The third-order valence-corrected chi connectivity index (χ3v) is 2.67. The van der Waals surface area contributed by atoms with Crippen molar-refractivity contribution in [3.63, 3.8) is 0 Å². The Balaban J connectivity index is 2.06. The van der Waals surface area contributed by atoms with Crippen LogP contribution in [0.4, 0.5) is 11.4 Å². The number of rotatable bonds is 2. The lowest BCUT2D eigenvalue weighted by atomic mass is 10.3. The number of carbonyl (C=O) groups is 2. The van der Waals surface area contributed by atoms with E-state index >= 15 is 0 Å². The molecule has 2 aromatic carbocycles. The van der Waals surface area contributed by atoms with Gasteiger partial charge in [0.15, 0.2) is 0 Å². The van der Waals surface area contributed by atoms with Gasteiger partial charge in [0, 0.05) is 18.4 Å². The minimum Gasteiger partial charge on any atom is -0.318 e. The number of carbonyl (C=O) groups excluding carboxylic acids is 2. The van der Waals surface area contributed by atoms with Gasteiger partial charge in [0.2, 0.25) is 0 Å². The van der Waals surface area contributed by atoms with Crippen LogP contribution in [0, 0.1) is 0 Å². The van der Waals surface area contributed by atoms with Crippen LogP contribution in [0.2, 0.25) is 0 Å². The second-order valence-corrected chi connectivity index (χ2v) is 4.02. The van der Waals surface area contributed by atoms with Crippen LogP contribution in [-0.4, -0.2) is 18.9 Å². The Bertz CT molecular complexity index is 567. The van der Waals surface area contributed by atoms with Crippen molar-refractivity contribution >= 4 is 23.2 Å². The van der Waals surface area contributed by atoms with E-state index in [2.05, 4.69) is 5.32 Å². The summed E-state index contributed by atoms with van der Waals surface area (Å²) in [5.74, 6) is -1.26. The quantitative estimate of drug-likeness (QED) is 0.836. The molecule has 0 saturated carbocycles. The molecule has 2 amide bonds. The zero-order valence-electron chi connectivity index (χ0n) is 10.5. The lowest BCUT2D eigenvalue weighted by Gasteiger charge is -2.16. The normalized spacial score (nSPS) is 9.74. The van der Waals surface area contributed by atoms with E-state index in [0.29, 0.717) is 11.4 Å². The second kappa shape index (κ2) is 5.82. The summed E-state index contributed by atoms with van der Waals surface area (Å²) in [6, 6.07) is 17.9. The van der Waals surface area contributed by atoms with Gasteiger partial charge < -0.3 is 10.2 Å². The highest BCUT2D eigenvalue weighted by Crippen LogP contribution is 2.12. The number of nitrogens with zero attached hydrogens (tertiary/aromatic N) is 1. The summed E-state index contributed by atoms with van der Waals surface area (Å²) in [5, 5.41) is 2.56. The van der Waals surface area contributed by atoms with Gasteiger partial charge in [0.05, 0.1) is 0 Å². The van der Waals surface area contributed by atoms with E-state index < -0.39 is 11.8 Å². The van der Waals surface area contributed by atoms with E-state index in [9.17, 15) is 9.59 Å². The number of benzene rings is 2. The average Bonchev–Trinajstić information content (AvgIpc) is 2.47. The summed E-state index contributed by atoms with van der Waals surface area (Å²) in [5.41, 5.74) is 1.28. The molecule has 0 spiro atoms. The molecule has 0 atom stereocenters. The van der Waals surface area contributed by atoms with Crippen molar-refractivity contribution in [1.29, 1.82) is 0 Å². The van der Waals surface area contributed by atoms with Crippen molar-refractivity contribution in [1.82, 2.24) is 0 Å². The van der Waals surface area contributed by atoms with Crippen LogP contribution in [0.15, 0.2) is 60.7 Å². The van der Waals surface area contributed by atoms with E-state index in [-0.39, 0.29) is 0 Å². The van der Waals surface area contributed by atoms with Crippen molar-refractivity contribution in [2.45, 2.75) is 0 Å². The Hall–Kier alpha value is -2.62. The van der Waals surface area contributed by atoms with Crippen molar-refractivity contribution in [2.24, 2.45) is 0 Å². The largest absolute Gasteiger partial charge is 0.318 e. The number of hydrogen-bond acceptors (Lipinski definition) is 2. The van der Waals surface area contributed by atoms with E-state index in [1.807, 2.05) is 24.3 Å². The third-order valence-electron chi connectivity index (χ3n) is 2.67. The van der Waals surface area contributed by atoms with Crippen molar-refractivity contribution in [3.05, 3.63) is 60.7 Å². The lowest BCUT2D eigenvalue weighted by Crippen LogP contribution is -2.37. The molecule has 0 aliphatic rings. The molecule has 0 fully saturated rings. The van der Waals surface area contributed by atoms with E-state index in [4.69, 9.17) is 0 Å². The maximum absolute atomic E-state index is 12.0. The molecule has 2 aromatic rings. The van der Waals surface area contributed by atoms with Gasteiger partial charge in [-0.2, -0.15) is 0 Å². The molecule has 0 saturated heterocycles. The Morgan fingerprint density at radius 1 is 0.895 bits per heavy atom. The first-order chi connectivity index (χ1) is 9.18. The summed E-state index contributed by atoms with van der Waals surface area (Å²) in [6.07, 6.45) is 0. The van der Waals surface area contributed by atoms with Gasteiger partial charge in [0.1, 0.15) is 0 Å². The molecule has 0 aliphatic carbocycles. The molecule has 1 N–H and O–H groups in total. The van der Waals surface area contributed by atoms with Crippen LogP contribution in [0.5, 0.6) is 0 Å². The Morgan fingerprint density at radius 3 is 2.00 bits per heavy atom. The van der Waals surface area contributed by atoms with E-state index in [1.165, 1.54) is 4.90 Å². The molecular weight excluding hydrogens is 240 g/mol. The summed E-state index contributed by atoms with van der Waals surface area (Å²) < 4.78 is 0. The number of amides is 2. The molecule has 0 bridgehead atoms. The Kier molecular flexibility index (Phi) is 3.93. The van der Waals surface area contributed by atoms with Gasteiger partial charge in [-0.05, 0) is 24.3 Å². The highest BCUT2D eigenvalue weighted by Gasteiger charge is 2.19. The summed E-state index contributed by atoms with van der Waals surface area (Å²) in [4.78, 5) is 25.1. The predicted octanol–water partition coefficient (Wildman–Crippen LogP) is 2.29. The van der Waals surface area contributed by atoms with Gasteiger partial charge in [-0.25, -0.2) is 0 Å². The first-order valence-electron chi connectivity index (χ1n) is 5.87. The minimum atomic E-state index is -0.655. The topological polar surface area (TPSA) is 49.4 Å². The third kappa shape index (κ3) is 3.19.